The van der Waals surface area contributed by atoms with E-state index in [9.17, 15) is 18.0 Å². The van der Waals surface area contributed by atoms with Crippen LogP contribution in [0.1, 0.15) is 16.1 Å². The number of anilines is 1. The van der Waals surface area contributed by atoms with Gasteiger partial charge in [0.1, 0.15) is 5.01 Å². The predicted molar refractivity (Wildman–Crippen MR) is 93.9 cm³/mol. The molecular formula is C18H14F3N3OS. The van der Waals surface area contributed by atoms with Crippen molar-refractivity contribution in [2.24, 2.45) is 0 Å². The van der Waals surface area contributed by atoms with Gasteiger partial charge in [0.15, 0.2) is 0 Å². The maximum atomic E-state index is 12.7. The second-order valence-electron chi connectivity index (χ2n) is 5.57. The van der Waals surface area contributed by atoms with Crippen LogP contribution in [0.2, 0.25) is 0 Å². The molecule has 0 aliphatic heterocycles. The third-order valence-electron chi connectivity index (χ3n) is 3.60. The van der Waals surface area contributed by atoms with Crippen molar-refractivity contribution in [2.75, 3.05) is 5.32 Å². The van der Waals surface area contributed by atoms with Gasteiger partial charge in [-0.25, -0.2) is 4.98 Å². The van der Waals surface area contributed by atoms with Gasteiger partial charge in [-0.1, -0.05) is 6.07 Å². The molecule has 1 amide bonds. The molecule has 0 radical (unpaired) electrons. The lowest BCUT2D eigenvalue weighted by Gasteiger charge is -2.09. The van der Waals surface area contributed by atoms with Crippen LogP contribution in [0.15, 0.2) is 48.8 Å². The maximum Gasteiger partial charge on any atom is 0.416 e. The Morgan fingerprint density at radius 3 is 2.73 bits per heavy atom. The summed E-state index contributed by atoms with van der Waals surface area (Å²) in [4.78, 5) is 21.5. The fourth-order valence-electron chi connectivity index (χ4n) is 2.33. The fourth-order valence-corrected chi connectivity index (χ4v) is 3.38. The summed E-state index contributed by atoms with van der Waals surface area (Å²) in [5, 5.41) is 3.25. The number of aryl methyl sites for hydroxylation is 1. The van der Waals surface area contributed by atoms with Crippen molar-refractivity contribution >= 4 is 22.9 Å². The number of aromatic nitrogens is 2. The van der Waals surface area contributed by atoms with E-state index in [1.54, 1.807) is 25.4 Å². The topological polar surface area (TPSA) is 54.9 Å². The Hall–Kier alpha value is -2.74. The van der Waals surface area contributed by atoms with Crippen LogP contribution in [0.5, 0.6) is 0 Å². The van der Waals surface area contributed by atoms with Gasteiger partial charge < -0.3 is 5.32 Å². The Morgan fingerprint density at radius 1 is 1.23 bits per heavy atom. The number of amides is 1. The van der Waals surface area contributed by atoms with Gasteiger partial charge in [0.05, 0.1) is 17.7 Å². The van der Waals surface area contributed by atoms with Crippen LogP contribution in [-0.4, -0.2) is 15.9 Å². The zero-order valence-electron chi connectivity index (χ0n) is 13.7. The summed E-state index contributed by atoms with van der Waals surface area (Å²) in [6.45, 7) is 1.79. The highest BCUT2D eigenvalue weighted by Gasteiger charge is 2.30. The molecule has 134 valence electrons. The van der Waals surface area contributed by atoms with Crippen molar-refractivity contribution in [1.82, 2.24) is 9.97 Å². The average Bonchev–Trinajstić information content (AvgIpc) is 2.96. The molecule has 2 heterocycles. The predicted octanol–water partition coefficient (Wildman–Crippen LogP) is 4.71. The molecule has 0 spiro atoms. The minimum absolute atomic E-state index is 0.0417. The van der Waals surface area contributed by atoms with Crippen molar-refractivity contribution in [2.45, 2.75) is 19.5 Å². The van der Waals surface area contributed by atoms with Crippen molar-refractivity contribution in [3.8, 4) is 10.6 Å². The smallest absolute Gasteiger partial charge is 0.326 e. The molecule has 2 aromatic heterocycles. The summed E-state index contributed by atoms with van der Waals surface area (Å²) in [5.74, 6) is -0.395. The molecular weight excluding hydrogens is 363 g/mol. The van der Waals surface area contributed by atoms with Crippen molar-refractivity contribution in [3.05, 3.63) is 64.9 Å². The van der Waals surface area contributed by atoms with Crippen LogP contribution in [-0.2, 0) is 17.4 Å². The van der Waals surface area contributed by atoms with Gasteiger partial charge in [-0.05, 0) is 37.3 Å². The van der Waals surface area contributed by atoms with E-state index in [1.807, 2.05) is 6.07 Å². The minimum Gasteiger partial charge on any atom is -0.326 e. The van der Waals surface area contributed by atoms with Crippen molar-refractivity contribution < 1.29 is 18.0 Å². The van der Waals surface area contributed by atoms with Gasteiger partial charge in [-0.3, -0.25) is 9.78 Å². The van der Waals surface area contributed by atoms with E-state index in [2.05, 4.69) is 15.3 Å². The van der Waals surface area contributed by atoms with E-state index in [0.717, 1.165) is 27.6 Å². The molecule has 0 bridgehead atoms. The molecule has 0 saturated carbocycles. The van der Waals surface area contributed by atoms with Crippen LogP contribution in [0.25, 0.3) is 10.6 Å². The van der Waals surface area contributed by atoms with E-state index < -0.39 is 17.6 Å². The first-order valence-corrected chi connectivity index (χ1v) is 8.48. The Balaban J connectivity index is 1.72. The molecule has 8 heteroatoms. The Bertz CT molecular complexity index is 923. The number of hydrogen-bond donors (Lipinski definition) is 1. The molecule has 3 rings (SSSR count). The SMILES string of the molecule is Cc1nc(-c2cccnc2)sc1CC(=O)Nc1cccc(C(F)(F)F)c1. The number of pyridine rings is 1. The number of carbonyl (C=O) groups excluding carboxylic acids is 1. The summed E-state index contributed by atoms with van der Waals surface area (Å²) in [7, 11) is 0. The Morgan fingerprint density at radius 2 is 2.04 bits per heavy atom. The summed E-state index contributed by atoms with van der Waals surface area (Å²) in [6, 6.07) is 8.23. The summed E-state index contributed by atoms with van der Waals surface area (Å²) >= 11 is 1.37. The lowest BCUT2D eigenvalue weighted by atomic mass is 10.2. The summed E-state index contributed by atoms with van der Waals surface area (Å²) < 4.78 is 38.2. The highest BCUT2D eigenvalue weighted by molar-refractivity contribution is 7.15. The Kier molecular flexibility index (Phi) is 5.03. The van der Waals surface area contributed by atoms with Crippen LogP contribution >= 0.6 is 11.3 Å². The van der Waals surface area contributed by atoms with E-state index in [1.165, 1.54) is 23.5 Å². The minimum atomic E-state index is -4.45. The fraction of sp³-hybridized carbons (Fsp3) is 0.167. The summed E-state index contributed by atoms with van der Waals surface area (Å²) in [5.41, 5.74) is 0.876. The number of carbonyl (C=O) groups is 1. The molecule has 0 saturated heterocycles. The van der Waals surface area contributed by atoms with E-state index in [0.29, 0.717) is 5.69 Å². The van der Waals surface area contributed by atoms with Crippen LogP contribution < -0.4 is 5.32 Å². The zero-order valence-corrected chi connectivity index (χ0v) is 14.5. The molecule has 0 atom stereocenters. The molecule has 4 nitrogen and oxygen atoms in total. The normalized spacial score (nSPS) is 11.4. The standard InChI is InChI=1S/C18H14F3N3OS/c1-11-15(26-17(23-11)12-4-3-7-22-10-12)9-16(25)24-14-6-2-5-13(8-14)18(19,20)21/h2-8,10H,9H2,1H3,(H,24,25). The van der Waals surface area contributed by atoms with Gasteiger partial charge in [0.25, 0.3) is 0 Å². The number of halogens is 3. The van der Waals surface area contributed by atoms with Gasteiger partial charge in [-0.15, -0.1) is 11.3 Å². The monoisotopic (exact) mass is 377 g/mol. The lowest BCUT2D eigenvalue weighted by molar-refractivity contribution is -0.137. The first-order valence-electron chi connectivity index (χ1n) is 7.67. The molecule has 1 N–H and O–H groups in total. The number of alkyl halides is 3. The average molecular weight is 377 g/mol. The second-order valence-corrected chi connectivity index (χ2v) is 6.66. The maximum absolute atomic E-state index is 12.7. The molecule has 26 heavy (non-hydrogen) atoms. The van der Waals surface area contributed by atoms with Gasteiger partial charge >= 0.3 is 6.18 Å². The highest BCUT2D eigenvalue weighted by Crippen LogP contribution is 2.31. The molecule has 0 aliphatic rings. The molecule has 0 fully saturated rings. The van der Waals surface area contributed by atoms with Crippen LogP contribution in [0.4, 0.5) is 18.9 Å². The molecule has 0 unspecified atom stereocenters. The van der Waals surface area contributed by atoms with E-state index in [-0.39, 0.29) is 12.1 Å². The number of rotatable bonds is 4. The summed E-state index contributed by atoms with van der Waals surface area (Å²) in [6.07, 6.45) is -1.06. The largest absolute Gasteiger partial charge is 0.416 e. The first-order chi connectivity index (χ1) is 12.3. The first kappa shape index (κ1) is 18.1. The van der Waals surface area contributed by atoms with Crippen LogP contribution in [0, 0.1) is 6.92 Å². The second kappa shape index (κ2) is 7.25. The Labute approximate surface area is 151 Å². The number of thiazole rings is 1. The van der Waals surface area contributed by atoms with Crippen LogP contribution in [0.3, 0.4) is 0 Å². The van der Waals surface area contributed by atoms with Gasteiger partial charge in [-0.2, -0.15) is 13.2 Å². The third-order valence-corrected chi connectivity index (χ3v) is 4.80. The van der Waals surface area contributed by atoms with Crippen molar-refractivity contribution in [3.63, 3.8) is 0 Å². The van der Waals surface area contributed by atoms with Gasteiger partial charge in [0, 0.05) is 28.5 Å². The number of benzene rings is 1. The number of hydrogen-bond acceptors (Lipinski definition) is 4. The lowest BCUT2D eigenvalue weighted by Crippen LogP contribution is -2.15. The van der Waals surface area contributed by atoms with E-state index in [4.69, 9.17) is 0 Å². The third kappa shape index (κ3) is 4.26. The highest BCUT2D eigenvalue weighted by atomic mass is 32.1. The zero-order chi connectivity index (χ0) is 18.7. The molecule has 1 aromatic carbocycles. The van der Waals surface area contributed by atoms with Gasteiger partial charge in [0.2, 0.25) is 5.91 Å². The van der Waals surface area contributed by atoms with E-state index >= 15 is 0 Å². The quantitative estimate of drug-likeness (QED) is 0.716. The molecule has 0 aliphatic carbocycles. The molecule has 3 aromatic rings. The number of nitrogens with one attached hydrogen (secondary N) is 1. The number of nitrogens with zero attached hydrogens (tertiary/aromatic N) is 2. The van der Waals surface area contributed by atoms with Crippen molar-refractivity contribution in [1.29, 1.82) is 0 Å².